The molecule has 1 N–H and O–H groups in total. The lowest BCUT2D eigenvalue weighted by atomic mass is 10.2. The zero-order valence-electron chi connectivity index (χ0n) is 14.7. The molecule has 4 nitrogen and oxygen atoms in total. The van der Waals surface area contributed by atoms with Gasteiger partial charge in [-0.15, -0.1) is 0 Å². The number of aliphatic hydroxyl groups is 1. The Morgan fingerprint density at radius 3 is 2.23 bits per heavy atom. The molecule has 0 aromatic heterocycles. The van der Waals surface area contributed by atoms with Crippen LogP contribution in [-0.2, 0) is 19.8 Å². The van der Waals surface area contributed by atoms with Crippen LogP contribution in [0.4, 0.5) is 0 Å². The SMILES string of the molecule is COc1ccc(COc2cccc(CO)c2)cc1OCc1ccccc1. The van der Waals surface area contributed by atoms with Crippen LogP contribution in [0.3, 0.4) is 0 Å². The number of methoxy groups -OCH3 is 1. The third kappa shape index (κ3) is 4.77. The van der Waals surface area contributed by atoms with Crippen LogP contribution in [0.15, 0.2) is 72.8 Å². The molecule has 3 aromatic rings. The van der Waals surface area contributed by atoms with Crippen LogP contribution in [0.2, 0.25) is 0 Å². The van der Waals surface area contributed by atoms with Gasteiger partial charge in [-0.05, 0) is 41.0 Å². The van der Waals surface area contributed by atoms with E-state index >= 15 is 0 Å². The number of aliphatic hydroxyl groups excluding tert-OH is 1. The highest BCUT2D eigenvalue weighted by atomic mass is 16.5. The van der Waals surface area contributed by atoms with Gasteiger partial charge in [0.05, 0.1) is 13.7 Å². The van der Waals surface area contributed by atoms with E-state index in [2.05, 4.69) is 0 Å². The zero-order valence-corrected chi connectivity index (χ0v) is 14.7. The van der Waals surface area contributed by atoms with Crippen molar-refractivity contribution in [1.29, 1.82) is 0 Å². The zero-order chi connectivity index (χ0) is 18.2. The molecular formula is C22H22O4. The van der Waals surface area contributed by atoms with Crippen LogP contribution in [0.5, 0.6) is 17.2 Å². The van der Waals surface area contributed by atoms with E-state index in [1.54, 1.807) is 7.11 Å². The first-order chi connectivity index (χ1) is 12.8. The Kier molecular flexibility index (Phi) is 6.12. The molecule has 0 aliphatic rings. The summed E-state index contributed by atoms with van der Waals surface area (Å²) < 4.78 is 17.1. The molecule has 0 spiro atoms. The van der Waals surface area contributed by atoms with Gasteiger partial charge in [-0.2, -0.15) is 0 Å². The maximum atomic E-state index is 9.21. The van der Waals surface area contributed by atoms with E-state index in [1.807, 2.05) is 72.8 Å². The van der Waals surface area contributed by atoms with Crippen molar-refractivity contribution in [1.82, 2.24) is 0 Å². The van der Waals surface area contributed by atoms with Gasteiger partial charge in [-0.25, -0.2) is 0 Å². The molecule has 26 heavy (non-hydrogen) atoms. The molecule has 0 radical (unpaired) electrons. The average Bonchev–Trinajstić information content (AvgIpc) is 2.71. The fraction of sp³-hybridized carbons (Fsp3) is 0.182. The predicted molar refractivity (Wildman–Crippen MR) is 100 cm³/mol. The molecular weight excluding hydrogens is 328 g/mol. The summed E-state index contributed by atoms with van der Waals surface area (Å²) in [6, 6.07) is 23.2. The maximum Gasteiger partial charge on any atom is 0.162 e. The van der Waals surface area contributed by atoms with Gasteiger partial charge in [0.2, 0.25) is 0 Å². The summed E-state index contributed by atoms with van der Waals surface area (Å²) in [4.78, 5) is 0. The standard InChI is InChI=1S/C22H22O4/c1-24-21-11-10-19(16-25-20-9-5-8-18(12-20)14-23)13-22(21)26-15-17-6-3-2-4-7-17/h2-13,23H,14-16H2,1H3. The smallest absolute Gasteiger partial charge is 0.162 e. The number of hydrogen-bond acceptors (Lipinski definition) is 4. The molecule has 0 fully saturated rings. The minimum atomic E-state index is -0.00277. The highest BCUT2D eigenvalue weighted by Crippen LogP contribution is 2.29. The Hall–Kier alpha value is -2.98. The number of ether oxygens (including phenoxy) is 3. The second kappa shape index (κ2) is 8.92. The number of benzene rings is 3. The molecule has 4 heteroatoms. The van der Waals surface area contributed by atoms with Crippen LogP contribution < -0.4 is 14.2 Å². The van der Waals surface area contributed by atoms with Crippen molar-refractivity contribution in [2.45, 2.75) is 19.8 Å². The largest absolute Gasteiger partial charge is 0.493 e. The van der Waals surface area contributed by atoms with E-state index in [-0.39, 0.29) is 6.61 Å². The second-order valence-electron chi connectivity index (χ2n) is 5.85. The molecule has 134 valence electrons. The van der Waals surface area contributed by atoms with Gasteiger partial charge in [-0.1, -0.05) is 48.5 Å². The molecule has 0 saturated heterocycles. The van der Waals surface area contributed by atoms with Crippen molar-refractivity contribution in [2.24, 2.45) is 0 Å². The fourth-order valence-corrected chi connectivity index (χ4v) is 2.56. The lowest BCUT2D eigenvalue weighted by molar-refractivity contribution is 0.275. The van der Waals surface area contributed by atoms with Crippen molar-refractivity contribution >= 4 is 0 Å². The average molecular weight is 350 g/mol. The normalized spacial score (nSPS) is 10.4. The van der Waals surface area contributed by atoms with Crippen molar-refractivity contribution in [2.75, 3.05) is 7.11 Å². The Balaban J connectivity index is 1.68. The van der Waals surface area contributed by atoms with E-state index in [0.717, 1.165) is 22.4 Å². The van der Waals surface area contributed by atoms with Gasteiger partial charge in [-0.3, -0.25) is 0 Å². The maximum absolute atomic E-state index is 9.21. The minimum absolute atomic E-state index is 0.00277. The third-order valence-electron chi connectivity index (χ3n) is 3.95. The molecule has 3 rings (SSSR count). The van der Waals surface area contributed by atoms with E-state index in [4.69, 9.17) is 14.2 Å². The lowest BCUT2D eigenvalue weighted by Gasteiger charge is -2.13. The molecule has 0 unspecified atom stereocenters. The molecule has 0 saturated carbocycles. The van der Waals surface area contributed by atoms with Crippen molar-refractivity contribution in [3.63, 3.8) is 0 Å². The first kappa shape index (κ1) is 17.8. The summed E-state index contributed by atoms with van der Waals surface area (Å²) in [5.41, 5.74) is 2.89. The van der Waals surface area contributed by atoms with Gasteiger partial charge >= 0.3 is 0 Å². The van der Waals surface area contributed by atoms with Gasteiger partial charge < -0.3 is 19.3 Å². The van der Waals surface area contributed by atoms with E-state index in [1.165, 1.54) is 0 Å². The predicted octanol–water partition coefficient (Wildman–Crippen LogP) is 4.35. The van der Waals surface area contributed by atoms with Crippen molar-refractivity contribution < 1.29 is 19.3 Å². The minimum Gasteiger partial charge on any atom is -0.493 e. The quantitative estimate of drug-likeness (QED) is 0.656. The van der Waals surface area contributed by atoms with Crippen LogP contribution in [-0.4, -0.2) is 12.2 Å². The number of rotatable bonds is 8. The summed E-state index contributed by atoms with van der Waals surface area (Å²) in [5, 5.41) is 9.21. The second-order valence-corrected chi connectivity index (χ2v) is 5.85. The van der Waals surface area contributed by atoms with Crippen LogP contribution in [0.25, 0.3) is 0 Å². The van der Waals surface area contributed by atoms with E-state index in [9.17, 15) is 5.11 Å². The summed E-state index contributed by atoms with van der Waals surface area (Å²) >= 11 is 0. The van der Waals surface area contributed by atoms with Gasteiger partial charge in [0.25, 0.3) is 0 Å². The van der Waals surface area contributed by atoms with E-state index in [0.29, 0.717) is 24.7 Å². The Morgan fingerprint density at radius 2 is 1.46 bits per heavy atom. The monoisotopic (exact) mass is 350 g/mol. The van der Waals surface area contributed by atoms with E-state index < -0.39 is 0 Å². The molecule has 3 aromatic carbocycles. The van der Waals surface area contributed by atoms with Crippen LogP contribution in [0.1, 0.15) is 16.7 Å². The van der Waals surface area contributed by atoms with Crippen molar-refractivity contribution in [3.05, 3.63) is 89.5 Å². The number of hydrogen-bond donors (Lipinski definition) is 1. The Bertz CT molecular complexity index is 831. The first-order valence-electron chi connectivity index (χ1n) is 8.44. The first-order valence-corrected chi connectivity index (χ1v) is 8.44. The Morgan fingerprint density at radius 1 is 0.692 bits per heavy atom. The summed E-state index contributed by atoms with van der Waals surface area (Å²) in [5.74, 6) is 2.09. The molecule has 0 bridgehead atoms. The van der Waals surface area contributed by atoms with Crippen LogP contribution in [0, 0.1) is 0 Å². The molecule has 0 aliphatic heterocycles. The topological polar surface area (TPSA) is 47.9 Å². The highest BCUT2D eigenvalue weighted by molar-refractivity contribution is 5.43. The molecule has 0 amide bonds. The summed E-state index contributed by atoms with van der Waals surface area (Å²) in [7, 11) is 1.63. The lowest BCUT2D eigenvalue weighted by Crippen LogP contribution is -2.00. The fourth-order valence-electron chi connectivity index (χ4n) is 2.56. The molecule has 0 aliphatic carbocycles. The summed E-state index contributed by atoms with van der Waals surface area (Å²) in [6.45, 7) is 0.873. The van der Waals surface area contributed by atoms with Gasteiger partial charge in [0.15, 0.2) is 11.5 Å². The summed E-state index contributed by atoms with van der Waals surface area (Å²) in [6.07, 6.45) is 0. The molecule has 0 atom stereocenters. The van der Waals surface area contributed by atoms with Gasteiger partial charge in [0, 0.05) is 0 Å². The van der Waals surface area contributed by atoms with Crippen molar-refractivity contribution in [3.8, 4) is 17.2 Å². The third-order valence-corrected chi connectivity index (χ3v) is 3.95. The van der Waals surface area contributed by atoms with Gasteiger partial charge in [0.1, 0.15) is 19.0 Å². The van der Waals surface area contributed by atoms with Crippen LogP contribution >= 0.6 is 0 Å². The molecule has 0 heterocycles. The highest BCUT2D eigenvalue weighted by Gasteiger charge is 2.07. The Labute approximate surface area is 153 Å².